The maximum atomic E-state index is 11.9. The molecule has 0 fully saturated rings. The summed E-state index contributed by atoms with van der Waals surface area (Å²) in [5.41, 5.74) is 1.32. The van der Waals surface area contributed by atoms with Gasteiger partial charge in [-0.2, -0.15) is 0 Å². The van der Waals surface area contributed by atoms with E-state index in [0.717, 1.165) is 5.56 Å². The van der Waals surface area contributed by atoms with Gasteiger partial charge in [-0.3, -0.25) is 4.79 Å². The van der Waals surface area contributed by atoms with Crippen LogP contribution in [0, 0.1) is 6.92 Å². The molecule has 2 aromatic rings. The number of para-hydroxylation sites is 2. The second-order valence-corrected chi connectivity index (χ2v) is 5.77. The second-order valence-electron chi connectivity index (χ2n) is 5.34. The van der Waals surface area contributed by atoms with Crippen LogP contribution < -0.4 is 14.8 Å². The van der Waals surface area contributed by atoms with Gasteiger partial charge in [0.2, 0.25) is 0 Å². The Bertz CT molecular complexity index is 778. The van der Waals surface area contributed by atoms with Crippen molar-refractivity contribution in [2.45, 2.75) is 13.8 Å². The zero-order valence-electron chi connectivity index (χ0n) is 14.6. The third kappa shape index (κ3) is 5.97. The number of amides is 1. The van der Waals surface area contributed by atoms with E-state index < -0.39 is 18.5 Å². The number of hydrogen-bond donors (Lipinski definition) is 1. The number of anilines is 1. The second kappa shape index (κ2) is 9.68. The van der Waals surface area contributed by atoms with Crippen molar-refractivity contribution in [3.8, 4) is 11.5 Å². The summed E-state index contributed by atoms with van der Waals surface area (Å²) in [5.74, 6) is -0.0292. The van der Waals surface area contributed by atoms with Gasteiger partial charge in [-0.1, -0.05) is 23.7 Å². The largest absolute Gasteiger partial charge is 0.492 e. The Morgan fingerprint density at radius 2 is 1.81 bits per heavy atom. The molecule has 0 heterocycles. The molecule has 0 aromatic heterocycles. The molecule has 2 aromatic carbocycles. The lowest BCUT2D eigenvalue weighted by molar-refractivity contribution is -0.149. The Morgan fingerprint density at radius 1 is 1.04 bits per heavy atom. The number of esters is 1. The SMILES string of the molecule is CCOc1ccccc1NC(=O)COC(=O)COc1ccc(Cl)cc1C. The Kier molecular flexibility index (Phi) is 7.29. The van der Waals surface area contributed by atoms with Gasteiger partial charge in [0.15, 0.2) is 13.2 Å². The Labute approximate surface area is 157 Å². The predicted octanol–water partition coefficient (Wildman–Crippen LogP) is 3.61. The van der Waals surface area contributed by atoms with Gasteiger partial charge >= 0.3 is 5.97 Å². The quantitative estimate of drug-likeness (QED) is 0.711. The summed E-state index contributed by atoms with van der Waals surface area (Å²) >= 11 is 5.86. The predicted molar refractivity (Wildman–Crippen MR) is 98.9 cm³/mol. The fraction of sp³-hybridized carbons (Fsp3) is 0.263. The first-order valence-electron chi connectivity index (χ1n) is 8.06. The summed E-state index contributed by atoms with van der Waals surface area (Å²) in [6, 6.07) is 12.1. The van der Waals surface area contributed by atoms with Gasteiger partial charge in [-0.15, -0.1) is 0 Å². The third-order valence-electron chi connectivity index (χ3n) is 3.31. The fourth-order valence-electron chi connectivity index (χ4n) is 2.14. The third-order valence-corrected chi connectivity index (χ3v) is 3.54. The van der Waals surface area contributed by atoms with E-state index in [1.165, 1.54) is 0 Å². The van der Waals surface area contributed by atoms with Gasteiger partial charge in [0, 0.05) is 5.02 Å². The number of nitrogens with one attached hydrogen (secondary N) is 1. The van der Waals surface area contributed by atoms with Gasteiger partial charge in [0.05, 0.1) is 12.3 Å². The van der Waals surface area contributed by atoms with Crippen LogP contribution in [0.15, 0.2) is 42.5 Å². The molecule has 1 amide bonds. The zero-order chi connectivity index (χ0) is 18.9. The molecule has 0 unspecified atom stereocenters. The van der Waals surface area contributed by atoms with Gasteiger partial charge < -0.3 is 19.5 Å². The number of ether oxygens (including phenoxy) is 3. The molecule has 0 saturated carbocycles. The molecule has 0 radical (unpaired) electrons. The van der Waals surface area contributed by atoms with Crippen molar-refractivity contribution in [2.75, 3.05) is 25.1 Å². The van der Waals surface area contributed by atoms with Crippen molar-refractivity contribution >= 4 is 29.2 Å². The Balaban J connectivity index is 1.79. The highest BCUT2D eigenvalue weighted by Crippen LogP contribution is 2.23. The topological polar surface area (TPSA) is 73.9 Å². The highest BCUT2D eigenvalue weighted by Gasteiger charge is 2.11. The first-order chi connectivity index (χ1) is 12.5. The number of aryl methyl sites for hydroxylation is 1. The van der Waals surface area contributed by atoms with E-state index in [2.05, 4.69) is 5.32 Å². The molecule has 0 bridgehead atoms. The summed E-state index contributed by atoms with van der Waals surface area (Å²) in [6.07, 6.45) is 0. The maximum Gasteiger partial charge on any atom is 0.344 e. The number of halogens is 1. The van der Waals surface area contributed by atoms with E-state index >= 15 is 0 Å². The Morgan fingerprint density at radius 3 is 2.54 bits per heavy atom. The number of rotatable bonds is 8. The molecule has 0 aliphatic rings. The van der Waals surface area contributed by atoms with Crippen LogP contribution in [0.25, 0.3) is 0 Å². The maximum absolute atomic E-state index is 11.9. The first kappa shape index (κ1) is 19.6. The van der Waals surface area contributed by atoms with E-state index in [-0.39, 0.29) is 6.61 Å². The zero-order valence-corrected chi connectivity index (χ0v) is 15.3. The van der Waals surface area contributed by atoms with Crippen molar-refractivity contribution < 1.29 is 23.8 Å². The normalized spacial score (nSPS) is 10.1. The van der Waals surface area contributed by atoms with Gasteiger partial charge in [-0.25, -0.2) is 4.79 Å². The van der Waals surface area contributed by atoms with Gasteiger partial charge in [0.25, 0.3) is 5.91 Å². The summed E-state index contributed by atoms with van der Waals surface area (Å²) in [6.45, 7) is 3.43. The molecule has 0 aliphatic heterocycles. The standard InChI is InChI=1S/C19H20ClNO5/c1-3-24-17-7-5-4-6-15(17)21-18(22)11-26-19(23)12-25-16-9-8-14(20)10-13(16)2/h4-10H,3,11-12H2,1-2H3,(H,21,22). The van der Waals surface area contributed by atoms with Crippen LogP contribution in [0.4, 0.5) is 5.69 Å². The van der Waals surface area contributed by atoms with E-state index in [1.54, 1.807) is 42.5 Å². The van der Waals surface area contributed by atoms with Crippen LogP contribution >= 0.6 is 11.6 Å². The van der Waals surface area contributed by atoms with Crippen LogP contribution in [-0.4, -0.2) is 31.7 Å². The Hall–Kier alpha value is -2.73. The van der Waals surface area contributed by atoms with Crippen LogP contribution in [0.1, 0.15) is 12.5 Å². The molecular formula is C19H20ClNO5. The lowest BCUT2D eigenvalue weighted by atomic mass is 10.2. The van der Waals surface area contributed by atoms with Crippen LogP contribution in [0.5, 0.6) is 11.5 Å². The summed E-state index contributed by atoms with van der Waals surface area (Å²) in [5, 5.41) is 3.23. The monoisotopic (exact) mass is 377 g/mol. The smallest absolute Gasteiger partial charge is 0.344 e. The highest BCUT2D eigenvalue weighted by atomic mass is 35.5. The minimum Gasteiger partial charge on any atom is -0.492 e. The lowest BCUT2D eigenvalue weighted by Gasteiger charge is -2.12. The molecular weight excluding hydrogens is 358 g/mol. The minimum absolute atomic E-state index is 0.300. The number of carbonyl (C=O) groups is 2. The molecule has 2 rings (SSSR count). The molecule has 0 atom stereocenters. The van der Waals surface area contributed by atoms with E-state index in [9.17, 15) is 9.59 Å². The molecule has 1 N–H and O–H groups in total. The van der Waals surface area contributed by atoms with E-state index in [0.29, 0.717) is 28.8 Å². The summed E-state index contributed by atoms with van der Waals surface area (Å²) < 4.78 is 15.7. The van der Waals surface area contributed by atoms with Crippen molar-refractivity contribution in [3.63, 3.8) is 0 Å². The van der Waals surface area contributed by atoms with Crippen LogP contribution in [0.2, 0.25) is 5.02 Å². The number of carbonyl (C=O) groups excluding carboxylic acids is 2. The average molecular weight is 378 g/mol. The van der Waals surface area contributed by atoms with Gasteiger partial charge in [0.1, 0.15) is 11.5 Å². The van der Waals surface area contributed by atoms with Crippen molar-refractivity contribution in [3.05, 3.63) is 53.1 Å². The van der Waals surface area contributed by atoms with Crippen molar-refractivity contribution in [1.29, 1.82) is 0 Å². The highest BCUT2D eigenvalue weighted by molar-refractivity contribution is 6.30. The van der Waals surface area contributed by atoms with E-state index in [1.807, 2.05) is 13.8 Å². The summed E-state index contributed by atoms with van der Waals surface area (Å²) in [4.78, 5) is 23.7. The summed E-state index contributed by atoms with van der Waals surface area (Å²) in [7, 11) is 0. The van der Waals surface area contributed by atoms with E-state index in [4.69, 9.17) is 25.8 Å². The average Bonchev–Trinajstić information content (AvgIpc) is 2.61. The molecule has 26 heavy (non-hydrogen) atoms. The minimum atomic E-state index is -0.646. The van der Waals surface area contributed by atoms with Crippen molar-refractivity contribution in [1.82, 2.24) is 0 Å². The fourth-order valence-corrected chi connectivity index (χ4v) is 2.36. The molecule has 0 spiro atoms. The van der Waals surface area contributed by atoms with Gasteiger partial charge in [-0.05, 0) is 49.7 Å². The lowest BCUT2D eigenvalue weighted by Crippen LogP contribution is -2.24. The van der Waals surface area contributed by atoms with Crippen molar-refractivity contribution in [2.24, 2.45) is 0 Å². The van der Waals surface area contributed by atoms with Crippen LogP contribution in [0.3, 0.4) is 0 Å². The molecule has 138 valence electrons. The number of benzene rings is 2. The number of hydrogen-bond acceptors (Lipinski definition) is 5. The van der Waals surface area contributed by atoms with Crippen LogP contribution in [-0.2, 0) is 14.3 Å². The molecule has 6 nitrogen and oxygen atoms in total. The molecule has 0 aliphatic carbocycles. The first-order valence-corrected chi connectivity index (χ1v) is 8.43. The molecule has 7 heteroatoms. The molecule has 0 saturated heterocycles.